The number of thioether (sulfide) groups is 1. The maximum absolute atomic E-state index is 6.11. The fraction of sp³-hybridized carbons (Fsp3) is 0.278. The van der Waals surface area contributed by atoms with Crippen molar-refractivity contribution in [3.63, 3.8) is 0 Å². The highest BCUT2D eigenvalue weighted by Crippen LogP contribution is 2.27. The third kappa shape index (κ3) is 4.25. The first-order chi connectivity index (χ1) is 11.7. The van der Waals surface area contributed by atoms with Gasteiger partial charge in [-0.3, -0.25) is 0 Å². The average Bonchev–Trinajstić information content (AvgIpc) is 2.91. The van der Waals surface area contributed by atoms with Gasteiger partial charge < -0.3 is 9.30 Å². The van der Waals surface area contributed by atoms with E-state index in [4.69, 9.17) is 32.9 Å². The molecule has 0 atom stereocenters. The fourth-order valence-corrected chi connectivity index (χ4v) is 3.70. The van der Waals surface area contributed by atoms with Gasteiger partial charge in [0.15, 0.2) is 0 Å². The first kappa shape index (κ1) is 17.6. The van der Waals surface area contributed by atoms with Gasteiger partial charge in [-0.05, 0) is 48.9 Å². The second kappa shape index (κ2) is 8.26. The van der Waals surface area contributed by atoms with Crippen LogP contribution in [0.15, 0.2) is 47.4 Å². The summed E-state index contributed by atoms with van der Waals surface area (Å²) in [7, 11) is 1.73. The molecule has 6 heteroatoms. The predicted octanol–water partition coefficient (Wildman–Crippen LogP) is 5.67. The van der Waals surface area contributed by atoms with Crippen molar-refractivity contribution in [2.75, 3.05) is 13.7 Å². The molecule has 0 N–H and O–H groups in total. The van der Waals surface area contributed by atoms with E-state index in [0.29, 0.717) is 5.02 Å². The molecule has 0 aliphatic rings. The van der Waals surface area contributed by atoms with E-state index < -0.39 is 0 Å². The molecular formula is C18H18Cl2N2OS. The van der Waals surface area contributed by atoms with E-state index in [1.54, 1.807) is 18.9 Å². The van der Waals surface area contributed by atoms with E-state index in [9.17, 15) is 0 Å². The summed E-state index contributed by atoms with van der Waals surface area (Å²) in [5, 5.41) is 1.46. The summed E-state index contributed by atoms with van der Waals surface area (Å²) in [6.45, 7) is 1.61. The zero-order valence-electron chi connectivity index (χ0n) is 13.3. The van der Waals surface area contributed by atoms with Crippen molar-refractivity contribution in [2.24, 2.45) is 0 Å². The molecule has 0 radical (unpaired) electrons. The Hall–Kier alpha value is -1.20. The van der Waals surface area contributed by atoms with E-state index in [0.717, 1.165) is 47.2 Å². The van der Waals surface area contributed by atoms with Crippen molar-refractivity contribution >= 4 is 46.0 Å². The number of methoxy groups -OCH3 is 1. The summed E-state index contributed by atoms with van der Waals surface area (Å²) in [5.41, 5.74) is 2.05. The smallest absolute Gasteiger partial charge is 0.120 e. The molecule has 1 heterocycles. The van der Waals surface area contributed by atoms with Gasteiger partial charge in [-0.15, -0.1) is 11.8 Å². The first-order valence-electron chi connectivity index (χ1n) is 7.69. The summed E-state index contributed by atoms with van der Waals surface area (Å²) in [4.78, 5) is 5.95. The molecule has 2 aromatic carbocycles. The number of nitrogens with zero attached hydrogens (tertiary/aromatic N) is 2. The largest absolute Gasteiger partial charge is 0.385 e. The van der Waals surface area contributed by atoms with E-state index in [2.05, 4.69) is 4.57 Å². The van der Waals surface area contributed by atoms with Gasteiger partial charge in [-0.2, -0.15) is 0 Å². The van der Waals surface area contributed by atoms with Crippen LogP contribution in [0.4, 0.5) is 0 Å². The molecule has 0 saturated heterocycles. The van der Waals surface area contributed by atoms with Crippen molar-refractivity contribution in [1.82, 2.24) is 9.55 Å². The van der Waals surface area contributed by atoms with E-state index >= 15 is 0 Å². The van der Waals surface area contributed by atoms with Gasteiger partial charge in [0, 0.05) is 35.2 Å². The normalized spacial score (nSPS) is 11.3. The minimum Gasteiger partial charge on any atom is -0.385 e. The van der Waals surface area contributed by atoms with Crippen LogP contribution in [0, 0.1) is 0 Å². The maximum Gasteiger partial charge on any atom is 0.120 e. The fourth-order valence-electron chi connectivity index (χ4n) is 2.56. The second-order valence-electron chi connectivity index (χ2n) is 5.40. The number of fused-ring (bicyclic) bond motifs is 1. The topological polar surface area (TPSA) is 27.1 Å². The number of ether oxygens (including phenoxy) is 1. The summed E-state index contributed by atoms with van der Waals surface area (Å²) in [6.07, 6.45) is 0.948. The van der Waals surface area contributed by atoms with Gasteiger partial charge in [0.05, 0.1) is 16.8 Å². The molecule has 3 nitrogen and oxygen atoms in total. The van der Waals surface area contributed by atoms with Crippen molar-refractivity contribution < 1.29 is 4.74 Å². The minimum absolute atomic E-state index is 0.709. The molecule has 0 unspecified atom stereocenters. The Morgan fingerprint density at radius 3 is 2.58 bits per heavy atom. The molecule has 0 fully saturated rings. The minimum atomic E-state index is 0.709. The first-order valence-corrected chi connectivity index (χ1v) is 9.43. The molecule has 0 bridgehead atoms. The molecule has 0 amide bonds. The number of benzene rings is 2. The third-order valence-corrected chi connectivity index (χ3v) is 5.20. The van der Waals surface area contributed by atoms with Crippen LogP contribution in [0.3, 0.4) is 0 Å². The Kier molecular flexibility index (Phi) is 6.06. The van der Waals surface area contributed by atoms with Crippen LogP contribution in [0.2, 0.25) is 10.0 Å². The van der Waals surface area contributed by atoms with E-state index in [1.165, 1.54) is 4.90 Å². The van der Waals surface area contributed by atoms with Crippen LogP contribution in [-0.2, 0) is 17.0 Å². The van der Waals surface area contributed by atoms with Crippen LogP contribution in [0.25, 0.3) is 11.0 Å². The molecule has 0 aliphatic carbocycles. The lowest BCUT2D eigenvalue weighted by Gasteiger charge is -2.09. The number of halogens is 2. The molecule has 0 aliphatic heterocycles. The number of aromatic nitrogens is 2. The molecule has 3 aromatic rings. The molecule has 1 aromatic heterocycles. The Morgan fingerprint density at radius 1 is 1.08 bits per heavy atom. The highest BCUT2D eigenvalue weighted by atomic mass is 35.5. The molecule has 0 saturated carbocycles. The summed E-state index contributed by atoms with van der Waals surface area (Å²) in [5.74, 6) is 1.84. The molecule has 3 rings (SSSR count). The molecular weight excluding hydrogens is 363 g/mol. The van der Waals surface area contributed by atoms with Crippen LogP contribution in [0.1, 0.15) is 12.2 Å². The monoisotopic (exact) mass is 380 g/mol. The summed E-state index contributed by atoms with van der Waals surface area (Å²) in [6, 6.07) is 13.7. The lowest BCUT2D eigenvalue weighted by Crippen LogP contribution is -2.05. The van der Waals surface area contributed by atoms with Crippen LogP contribution >= 0.6 is 35.0 Å². The second-order valence-corrected chi connectivity index (χ2v) is 7.32. The lowest BCUT2D eigenvalue weighted by molar-refractivity contribution is 0.190. The number of hydrogen-bond acceptors (Lipinski definition) is 3. The van der Waals surface area contributed by atoms with Crippen molar-refractivity contribution in [3.05, 3.63) is 58.3 Å². The highest BCUT2D eigenvalue weighted by Gasteiger charge is 2.11. The third-order valence-electron chi connectivity index (χ3n) is 3.70. The van der Waals surface area contributed by atoms with Crippen LogP contribution in [-0.4, -0.2) is 23.3 Å². The average molecular weight is 381 g/mol. The Morgan fingerprint density at radius 2 is 1.83 bits per heavy atom. The Labute approximate surface area is 155 Å². The van der Waals surface area contributed by atoms with Gasteiger partial charge in [-0.25, -0.2) is 4.98 Å². The van der Waals surface area contributed by atoms with Gasteiger partial charge in [-0.1, -0.05) is 23.2 Å². The molecule has 126 valence electrons. The van der Waals surface area contributed by atoms with Crippen LogP contribution in [0.5, 0.6) is 0 Å². The van der Waals surface area contributed by atoms with Gasteiger partial charge in [0.1, 0.15) is 5.82 Å². The molecule has 0 spiro atoms. The van der Waals surface area contributed by atoms with Gasteiger partial charge in [0.2, 0.25) is 0 Å². The van der Waals surface area contributed by atoms with Gasteiger partial charge in [0.25, 0.3) is 0 Å². The van der Waals surface area contributed by atoms with E-state index in [1.807, 2.05) is 42.5 Å². The van der Waals surface area contributed by atoms with Crippen LogP contribution < -0.4 is 0 Å². The summed E-state index contributed by atoms with van der Waals surface area (Å²) >= 11 is 13.8. The quantitative estimate of drug-likeness (QED) is 0.390. The van der Waals surface area contributed by atoms with Gasteiger partial charge >= 0.3 is 0 Å². The number of rotatable bonds is 7. The lowest BCUT2D eigenvalue weighted by atomic mass is 10.3. The predicted molar refractivity (Wildman–Crippen MR) is 102 cm³/mol. The molecule has 24 heavy (non-hydrogen) atoms. The zero-order valence-corrected chi connectivity index (χ0v) is 15.7. The summed E-state index contributed by atoms with van der Waals surface area (Å²) < 4.78 is 7.44. The Bertz CT molecular complexity index is 818. The van der Waals surface area contributed by atoms with Crippen molar-refractivity contribution in [2.45, 2.75) is 23.6 Å². The number of aryl methyl sites for hydroxylation is 1. The van der Waals surface area contributed by atoms with Crippen molar-refractivity contribution in [1.29, 1.82) is 0 Å². The van der Waals surface area contributed by atoms with E-state index in [-0.39, 0.29) is 0 Å². The maximum atomic E-state index is 6.11. The Balaban J connectivity index is 1.84. The van der Waals surface area contributed by atoms with Crippen molar-refractivity contribution in [3.8, 4) is 0 Å². The number of hydrogen-bond donors (Lipinski definition) is 0. The highest BCUT2D eigenvalue weighted by molar-refractivity contribution is 7.98. The number of imidazole rings is 1. The zero-order chi connectivity index (χ0) is 16.9. The standard InChI is InChI=1S/C18H18Cl2N2OS/c1-23-10-2-9-22-17-8-5-14(20)11-16(17)21-18(22)12-24-15-6-3-13(19)4-7-15/h3-8,11H,2,9-10,12H2,1H3. The SMILES string of the molecule is COCCCn1c(CSc2ccc(Cl)cc2)nc2cc(Cl)ccc21.